The minimum atomic E-state index is -0.870. The monoisotopic (exact) mass is 232 g/mol. The predicted octanol–water partition coefficient (Wildman–Crippen LogP) is 1.54. The quantitative estimate of drug-likeness (QED) is 0.774. The number of nitrogens with zero attached hydrogens (tertiary/aromatic N) is 1. The Morgan fingerprint density at radius 1 is 1.71 bits per heavy atom. The molecule has 3 N–H and O–H groups in total. The fourth-order valence-corrected chi connectivity index (χ4v) is 1.95. The van der Waals surface area contributed by atoms with Crippen LogP contribution in [-0.2, 0) is 0 Å². The van der Waals surface area contributed by atoms with Crippen molar-refractivity contribution in [2.24, 2.45) is 5.73 Å². The highest BCUT2D eigenvalue weighted by Crippen LogP contribution is 2.26. The zero-order chi connectivity index (χ0) is 10.6. The molecule has 0 amide bonds. The highest BCUT2D eigenvalue weighted by Gasteiger charge is 2.19. The van der Waals surface area contributed by atoms with Crippen LogP contribution in [0.2, 0.25) is 5.02 Å². The third-order valence-corrected chi connectivity index (χ3v) is 3.47. The molecule has 3 nitrogen and oxygen atoms in total. The Kier molecular flexibility index (Phi) is 4.19. The van der Waals surface area contributed by atoms with Crippen molar-refractivity contribution in [1.82, 2.24) is 4.98 Å². The van der Waals surface area contributed by atoms with Crippen LogP contribution in [0.25, 0.3) is 0 Å². The van der Waals surface area contributed by atoms with E-state index in [-0.39, 0.29) is 6.54 Å². The van der Waals surface area contributed by atoms with Gasteiger partial charge in [-0.15, -0.1) is 11.8 Å². The molecule has 0 aromatic carbocycles. The molecule has 5 heteroatoms. The van der Waals surface area contributed by atoms with Crippen molar-refractivity contribution < 1.29 is 5.11 Å². The Balaban J connectivity index is 2.58. The van der Waals surface area contributed by atoms with Crippen LogP contribution in [0.4, 0.5) is 0 Å². The van der Waals surface area contributed by atoms with Gasteiger partial charge in [-0.3, -0.25) is 0 Å². The lowest BCUT2D eigenvalue weighted by Gasteiger charge is -2.19. The summed E-state index contributed by atoms with van der Waals surface area (Å²) in [7, 11) is 0. The van der Waals surface area contributed by atoms with Gasteiger partial charge in [0.25, 0.3) is 0 Å². The molecule has 1 unspecified atom stereocenters. The van der Waals surface area contributed by atoms with E-state index in [0.29, 0.717) is 10.8 Å². The summed E-state index contributed by atoms with van der Waals surface area (Å²) < 4.78 is 0. The van der Waals surface area contributed by atoms with E-state index in [1.165, 1.54) is 11.8 Å². The van der Waals surface area contributed by atoms with E-state index >= 15 is 0 Å². The first-order valence-corrected chi connectivity index (χ1v) is 5.57. The summed E-state index contributed by atoms with van der Waals surface area (Å²) in [5, 5.41) is 11.0. The molecule has 0 aliphatic carbocycles. The van der Waals surface area contributed by atoms with E-state index in [2.05, 4.69) is 4.98 Å². The number of aliphatic hydroxyl groups is 1. The minimum Gasteiger partial charge on any atom is -0.388 e. The second kappa shape index (κ2) is 4.98. The smallest absolute Gasteiger partial charge is 0.115 e. The van der Waals surface area contributed by atoms with Crippen LogP contribution in [0.3, 0.4) is 0 Å². The van der Waals surface area contributed by atoms with Crippen molar-refractivity contribution in [3.8, 4) is 0 Å². The Morgan fingerprint density at radius 2 is 2.43 bits per heavy atom. The fraction of sp³-hybridized carbons (Fsp3) is 0.444. The Morgan fingerprint density at radius 3 is 3.00 bits per heavy atom. The van der Waals surface area contributed by atoms with Crippen LogP contribution < -0.4 is 5.73 Å². The summed E-state index contributed by atoms with van der Waals surface area (Å²) in [4.78, 5) is 4.09. The van der Waals surface area contributed by atoms with Gasteiger partial charge in [-0.05, 0) is 19.1 Å². The summed E-state index contributed by atoms with van der Waals surface area (Å²) in [5.41, 5.74) is 4.52. The zero-order valence-corrected chi connectivity index (χ0v) is 9.48. The van der Waals surface area contributed by atoms with E-state index in [0.717, 1.165) is 5.03 Å². The lowest BCUT2D eigenvalue weighted by molar-refractivity contribution is 0.0949. The summed E-state index contributed by atoms with van der Waals surface area (Å²) in [6.45, 7) is 1.92. The molecule has 78 valence electrons. The molecule has 0 radical (unpaired) electrons. The summed E-state index contributed by atoms with van der Waals surface area (Å²) in [6, 6.07) is 3.54. The molecule has 0 bridgehead atoms. The number of thioether (sulfide) groups is 1. The lowest BCUT2D eigenvalue weighted by Crippen LogP contribution is -2.36. The second-order valence-corrected chi connectivity index (χ2v) is 4.65. The zero-order valence-electron chi connectivity index (χ0n) is 7.90. The molecule has 0 fully saturated rings. The lowest BCUT2D eigenvalue weighted by atomic mass is 10.1. The third-order valence-electron chi connectivity index (χ3n) is 1.68. The number of hydrogen-bond acceptors (Lipinski definition) is 4. The van der Waals surface area contributed by atoms with Gasteiger partial charge in [0.15, 0.2) is 0 Å². The van der Waals surface area contributed by atoms with E-state index in [1.807, 2.05) is 0 Å². The van der Waals surface area contributed by atoms with Gasteiger partial charge in [-0.25, -0.2) is 4.98 Å². The molecule has 0 spiro atoms. The van der Waals surface area contributed by atoms with Crippen molar-refractivity contribution in [2.45, 2.75) is 17.6 Å². The summed E-state index contributed by atoms with van der Waals surface area (Å²) in [6.07, 6.45) is 1.67. The van der Waals surface area contributed by atoms with E-state index in [4.69, 9.17) is 17.3 Å². The highest BCUT2D eigenvalue weighted by atomic mass is 35.5. The van der Waals surface area contributed by atoms with Crippen molar-refractivity contribution in [1.29, 1.82) is 0 Å². The fourth-order valence-electron chi connectivity index (χ4n) is 0.760. The number of rotatable bonds is 4. The van der Waals surface area contributed by atoms with Gasteiger partial charge in [0.2, 0.25) is 0 Å². The van der Waals surface area contributed by atoms with E-state index in [1.54, 1.807) is 25.3 Å². The van der Waals surface area contributed by atoms with Crippen LogP contribution in [0.5, 0.6) is 0 Å². The van der Waals surface area contributed by atoms with E-state index in [9.17, 15) is 5.11 Å². The summed E-state index contributed by atoms with van der Waals surface area (Å²) >= 11 is 7.31. The number of aromatic nitrogens is 1. The molecule has 0 saturated carbocycles. The van der Waals surface area contributed by atoms with Gasteiger partial charge in [0.1, 0.15) is 5.03 Å². The Bertz CT molecular complexity index is 307. The van der Waals surface area contributed by atoms with Crippen LogP contribution in [0.15, 0.2) is 23.4 Å². The van der Waals surface area contributed by atoms with E-state index < -0.39 is 5.60 Å². The molecule has 0 saturated heterocycles. The summed E-state index contributed by atoms with van der Waals surface area (Å²) in [5.74, 6) is 0.486. The predicted molar refractivity (Wildman–Crippen MR) is 59.6 cm³/mol. The first kappa shape index (κ1) is 11.8. The largest absolute Gasteiger partial charge is 0.388 e. The topological polar surface area (TPSA) is 59.1 Å². The van der Waals surface area contributed by atoms with Crippen molar-refractivity contribution >= 4 is 23.4 Å². The molecule has 1 atom stereocenters. The molecular formula is C9H13ClN2OS. The molecule has 0 aliphatic rings. The standard InChI is InChI=1S/C9H13ClN2OS/c1-9(13,5-11)6-14-8-7(10)3-2-4-12-8/h2-4,13H,5-6,11H2,1H3. The van der Waals surface area contributed by atoms with Crippen LogP contribution in [-0.4, -0.2) is 28.0 Å². The van der Waals surface area contributed by atoms with Crippen molar-refractivity contribution in [2.75, 3.05) is 12.3 Å². The Labute approximate surface area is 92.7 Å². The third kappa shape index (κ3) is 3.46. The first-order chi connectivity index (χ1) is 6.55. The van der Waals surface area contributed by atoms with Crippen LogP contribution >= 0.6 is 23.4 Å². The number of nitrogens with two attached hydrogens (primary N) is 1. The van der Waals surface area contributed by atoms with Gasteiger partial charge < -0.3 is 10.8 Å². The molecule has 1 aromatic heterocycles. The maximum atomic E-state index is 9.66. The first-order valence-electron chi connectivity index (χ1n) is 4.21. The molecule has 1 aromatic rings. The van der Waals surface area contributed by atoms with Gasteiger partial charge in [-0.1, -0.05) is 11.6 Å². The SMILES string of the molecule is CC(O)(CN)CSc1ncccc1Cl. The highest BCUT2D eigenvalue weighted by molar-refractivity contribution is 7.99. The minimum absolute atomic E-state index is 0.227. The number of pyridine rings is 1. The van der Waals surface area contributed by atoms with Gasteiger partial charge >= 0.3 is 0 Å². The molecule has 1 heterocycles. The molecule has 1 rings (SSSR count). The average molecular weight is 233 g/mol. The normalized spacial score (nSPS) is 15.1. The Hall–Kier alpha value is -0.290. The van der Waals surface area contributed by atoms with Gasteiger partial charge in [0.05, 0.1) is 10.6 Å². The molecular weight excluding hydrogens is 220 g/mol. The van der Waals surface area contributed by atoms with Gasteiger partial charge in [0, 0.05) is 18.5 Å². The maximum absolute atomic E-state index is 9.66. The van der Waals surface area contributed by atoms with Crippen molar-refractivity contribution in [3.63, 3.8) is 0 Å². The second-order valence-electron chi connectivity index (χ2n) is 3.28. The molecule has 14 heavy (non-hydrogen) atoms. The number of halogens is 1. The van der Waals surface area contributed by atoms with Gasteiger partial charge in [-0.2, -0.15) is 0 Å². The molecule has 0 aliphatic heterocycles. The number of hydrogen-bond donors (Lipinski definition) is 2. The van der Waals surface area contributed by atoms with Crippen LogP contribution in [0, 0.1) is 0 Å². The average Bonchev–Trinajstić information content (AvgIpc) is 2.17. The maximum Gasteiger partial charge on any atom is 0.115 e. The van der Waals surface area contributed by atoms with Crippen LogP contribution in [0.1, 0.15) is 6.92 Å². The van der Waals surface area contributed by atoms with Crippen molar-refractivity contribution in [3.05, 3.63) is 23.4 Å².